The van der Waals surface area contributed by atoms with E-state index in [4.69, 9.17) is 16.3 Å². The summed E-state index contributed by atoms with van der Waals surface area (Å²) in [5, 5.41) is 6.50. The zero-order valence-electron chi connectivity index (χ0n) is 17.4. The van der Waals surface area contributed by atoms with E-state index in [1.54, 1.807) is 18.3 Å². The van der Waals surface area contributed by atoms with Crippen LogP contribution in [-0.2, 0) is 9.59 Å². The Kier molecular flexibility index (Phi) is 5.57. The van der Waals surface area contributed by atoms with Crippen LogP contribution in [0, 0.1) is 0 Å². The maximum Gasteiger partial charge on any atom is 0.259 e. The van der Waals surface area contributed by atoms with Gasteiger partial charge in [0.2, 0.25) is 5.91 Å². The van der Waals surface area contributed by atoms with Crippen molar-refractivity contribution < 1.29 is 14.3 Å². The second-order valence-corrected chi connectivity index (χ2v) is 8.30. The van der Waals surface area contributed by atoms with Gasteiger partial charge in [0.05, 0.1) is 22.8 Å². The lowest BCUT2D eigenvalue weighted by Gasteiger charge is -2.36. The van der Waals surface area contributed by atoms with Crippen molar-refractivity contribution in [1.82, 2.24) is 14.9 Å². The molecule has 0 spiro atoms. The lowest BCUT2D eigenvalue weighted by atomic mass is 10.1. The molecule has 2 aromatic rings. The highest BCUT2D eigenvalue weighted by molar-refractivity contribution is 6.33. The molecule has 1 saturated heterocycles. The van der Waals surface area contributed by atoms with Gasteiger partial charge in [-0.2, -0.15) is 0 Å². The first-order valence-electron chi connectivity index (χ1n) is 10.7. The number of fused-ring (bicyclic) bond motifs is 8. The van der Waals surface area contributed by atoms with Gasteiger partial charge in [0.1, 0.15) is 23.7 Å². The van der Waals surface area contributed by atoms with Crippen LogP contribution in [0.25, 0.3) is 5.57 Å². The van der Waals surface area contributed by atoms with Crippen molar-refractivity contribution in [2.24, 2.45) is 0 Å². The first kappa shape index (κ1) is 20.6. The third kappa shape index (κ3) is 3.95. The Hall–Kier alpha value is -3.33. The third-order valence-electron chi connectivity index (χ3n) is 5.86. The first-order chi connectivity index (χ1) is 15.6. The number of ether oxygens (including phenoxy) is 1. The zero-order valence-corrected chi connectivity index (χ0v) is 18.2. The Bertz CT molecular complexity index is 1100. The molecule has 1 aromatic heterocycles. The quantitative estimate of drug-likeness (QED) is 0.631. The Morgan fingerprint density at radius 3 is 2.69 bits per heavy atom. The molecular weight excluding hydrogens is 432 g/mol. The monoisotopic (exact) mass is 454 g/mol. The van der Waals surface area contributed by atoms with Gasteiger partial charge in [-0.3, -0.25) is 9.59 Å². The fourth-order valence-corrected chi connectivity index (χ4v) is 4.30. The number of piperazine rings is 1. The summed E-state index contributed by atoms with van der Waals surface area (Å²) in [6.45, 7) is 3.00. The van der Waals surface area contributed by atoms with Crippen LogP contribution in [0.1, 0.15) is 24.8 Å². The lowest BCUT2D eigenvalue weighted by molar-refractivity contribution is -0.131. The van der Waals surface area contributed by atoms with Crippen molar-refractivity contribution in [3.63, 3.8) is 0 Å². The van der Waals surface area contributed by atoms with Gasteiger partial charge in [0.25, 0.3) is 5.91 Å². The highest BCUT2D eigenvalue weighted by Gasteiger charge is 2.32. The van der Waals surface area contributed by atoms with Crippen molar-refractivity contribution in [2.45, 2.75) is 19.3 Å². The van der Waals surface area contributed by atoms with E-state index in [0.717, 1.165) is 18.5 Å². The van der Waals surface area contributed by atoms with Crippen LogP contribution < -0.4 is 20.3 Å². The van der Waals surface area contributed by atoms with E-state index in [1.165, 1.54) is 6.33 Å². The predicted molar refractivity (Wildman–Crippen MR) is 122 cm³/mol. The van der Waals surface area contributed by atoms with Crippen molar-refractivity contribution in [3.8, 4) is 5.75 Å². The predicted octanol–water partition coefficient (Wildman–Crippen LogP) is 2.75. The number of carbonyl (C=O) groups is 2. The van der Waals surface area contributed by atoms with Crippen LogP contribution >= 0.6 is 11.6 Å². The number of benzene rings is 1. The molecular formula is C22H23ClN6O3. The topological polar surface area (TPSA) is 99.7 Å². The molecule has 1 aromatic carbocycles. The summed E-state index contributed by atoms with van der Waals surface area (Å²) in [6, 6.07) is 5.36. The minimum Gasteiger partial charge on any atom is -0.492 e. The zero-order chi connectivity index (χ0) is 22.1. The maximum absolute atomic E-state index is 12.7. The molecule has 0 saturated carbocycles. The summed E-state index contributed by atoms with van der Waals surface area (Å²) >= 11 is 6.27. The number of hydrogen-bond acceptors (Lipinski definition) is 7. The normalized spacial score (nSPS) is 20.3. The minimum absolute atomic E-state index is 0.153. The summed E-state index contributed by atoms with van der Waals surface area (Å²) < 4.78 is 5.84. The van der Waals surface area contributed by atoms with E-state index in [-0.39, 0.29) is 11.8 Å². The Morgan fingerprint density at radius 1 is 1.03 bits per heavy atom. The largest absolute Gasteiger partial charge is 0.492 e. The molecule has 0 atom stereocenters. The number of nitrogens with one attached hydrogen (secondary N) is 2. The summed E-state index contributed by atoms with van der Waals surface area (Å²) in [6.07, 6.45) is 5.12. The number of amides is 2. The van der Waals surface area contributed by atoms with E-state index < -0.39 is 0 Å². The van der Waals surface area contributed by atoms with Gasteiger partial charge < -0.3 is 25.2 Å². The number of hydrogen-bond donors (Lipinski definition) is 2. The van der Waals surface area contributed by atoms with Crippen molar-refractivity contribution in [2.75, 3.05) is 48.3 Å². The van der Waals surface area contributed by atoms with Crippen molar-refractivity contribution >= 4 is 46.3 Å². The molecule has 0 aliphatic carbocycles. The van der Waals surface area contributed by atoms with Crippen LogP contribution in [0.15, 0.2) is 30.7 Å². The van der Waals surface area contributed by atoms with Crippen molar-refractivity contribution in [1.29, 1.82) is 0 Å². The highest BCUT2D eigenvalue weighted by atomic mass is 35.5. The number of rotatable bonds is 0. The molecule has 4 aliphatic heterocycles. The van der Waals surface area contributed by atoms with Gasteiger partial charge in [-0.25, -0.2) is 9.97 Å². The third-order valence-corrected chi connectivity index (χ3v) is 6.17. The molecule has 1 fully saturated rings. The number of anilines is 3. The minimum atomic E-state index is -0.247. The second-order valence-electron chi connectivity index (χ2n) is 7.90. The van der Waals surface area contributed by atoms with Crippen LogP contribution in [0.3, 0.4) is 0 Å². The van der Waals surface area contributed by atoms with Crippen LogP contribution in [-0.4, -0.2) is 59.5 Å². The fourth-order valence-electron chi connectivity index (χ4n) is 4.13. The molecule has 10 heteroatoms. The summed E-state index contributed by atoms with van der Waals surface area (Å²) in [5.74, 6) is 1.64. The second kappa shape index (κ2) is 8.66. The van der Waals surface area contributed by atoms with Gasteiger partial charge in [0, 0.05) is 50.6 Å². The molecule has 2 amide bonds. The van der Waals surface area contributed by atoms with Gasteiger partial charge in [-0.1, -0.05) is 11.6 Å². The van der Waals surface area contributed by atoms with Gasteiger partial charge in [-0.15, -0.1) is 0 Å². The van der Waals surface area contributed by atoms with E-state index >= 15 is 0 Å². The number of carbonyl (C=O) groups excluding carboxylic acids is 2. The summed E-state index contributed by atoms with van der Waals surface area (Å²) in [7, 11) is 0. The van der Waals surface area contributed by atoms with Crippen LogP contribution in [0.4, 0.5) is 17.3 Å². The highest BCUT2D eigenvalue weighted by Crippen LogP contribution is 2.37. The lowest BCUT2D eigenvalue weighted by Crippen LogP contribution is -2.49. The Balaban J connectivity index is 1.52. The van der Waals surface area contributed by atoms with E-state index in [1.807, 2.05) is 11.0 Å². The molecule has 2 N–H and O–H groups in total. The molecule has 166 valence electrons. The van der Waals surface area contributed by atoms with Gasteiger partial charge in [-0.05, 0) is 25.0 Å². The van der Waals surface area contributed by atoms with Gasteiger partial charge in [0.15, 0.2) is 0 Å². The number of aromatic nitrogens is 2. The van der Waals surface area contributed by atoms with E-state index in [0.29, 0.717) is 72.8 Å². The first-order valence-corrected chi connectivity index (χ1v) is 11.1. The smallest absolute Gasteiger partial charge is 0.259 e. The Morgan fingerprint density at radius 2 is 1.84 bits per heavy atom. The molecule has 0 unspecified atom stereocenters. The SMILES string of the molecule is O=C1Nc2ncnc3c2/C1=C\Nc1ccc(Cl)c(c1)OCCCCC(=O)N1CCN3CC1. The fraction of sp³-hybridized carbons (Fsp3) is 0.364. The maximum atomic E-state index is 12.7. The summed E-state index contributed by atoms with van der Waals surface area (Å²) in [4.78, 5) is 38.0. The molecule has 9 nitrogen and oxygen atoms in total. The molecule has 32 heavy (non-hydrogen) atoms. The number of nitrogens with zero attached hydrogens (tertiary/aromatic N) is 4. The van der Waals surface area contributed by atoms with Gasteiger partial charge >= 0.3 is 0 Å². The molecule has 5 heterocycles. The number of halogens is 1. The molecule has 0 radical (unpaired) electrons. The standard InChI is InChI=1S/C22H23ClN6O3/c23-16-5-4-14-11-17(16)32-10-2-1-3-18(30)28-6-8-29(9-7-28)21-19-15(12-24-14)22(31)27-20(19)25-13-26-21/h4-5,11-13,24H,1-3,6-10H2,(H,25,26,27,31)/b15-12+. The average Bonchev–Trinajstić information content (AvgIpc) is 3.13. The average molecular weight is 455 g/mol. The molecule has 6 rings (SSSR count). The van der Waals surface area contributed by atoms with Crippen molar-refractivity contribution in [3.05, 3.63) is 41.3 Å². The van der Waals surface area contributed by atoms with E-state index in [9.17, 15) is 9.59 Å². The summed E-state index contributed by atoms with van der Waals surface area (Å²) in [5.41, 5.74) is 1.85. The van der Waals surface area contributed by atoms with E-state index in [2.05, 4.69) is 25.5 Å². The van der Waals surface area contributed by atoms with Crippen LogP contribution in [0.5, 0.6) is 5.75 Å². The molecule has 4 bridgehead atoms. The Labute approximate surface area is 190 Å². The molecule has 4 aliphatic rings. The van der Waals surface area contributed by atoms with Crippen LogP contribution in [0.2, 0.25) is 5.02 Å².